The quantitative estimate of drug-likeness (QED) is 0.740. The maximum Gasteiger partial charge on any atom is 0.273 e. The minimum absolute atomic E-state index is 0.216. The molecule has 1 amide bonds. The van der Waals surface area contributed by atoms with Crippen LogP contribution in [0.5, 0.6) is 0 Å². The fourth-order valence-corrected chi connectivity index (χ4v) is 3.35. The molecule has 2 aromatic heterocycles. The molecular weight excluding hydrogens is 314 g/mol. The van der Waals surface area contributed by atoms with Crippen molar-refractivity contribution in [2.24, 2.45) is 5.73 Å². The van der Waals surface area contributed by atoms with Crippen LogP contribution in [0.4, 0.5) is 5.13 Å². The lowest BCUT2D eigenvalue weighted by molar-refractivity contribution is 0.0949. The third kappa shape index (κ3) is 4.05. The molecule has 0 radical (unpaired) electrons. The second-order valence-corrected chi connectivity index (χ2v) is 6.73. The predicted molar refractivity (Wildman–Crippen MR) is 88.1 cm³/mol. The van der Waals surface area contributed by atoms with E-state index in [1.54, 1.807) is 10.9 Å². The van der Waals surface area contributed by atoms with Gasteiger partial charge in [0.25, 0.3) is 5.91 Å². The molecule has 1 aliphatic carbocycles. The lowest BCUT2D eigenvalue weighted by Gasteiger charge is -2.25. The van der Waals surface area contributed by atoms with Gasteiger partial charge in [0.1, 0.15) is 0 Å². The van der Waals surface area contributed by atoms with Crippen LogP contribution in [0.15, 0.2) is 11.6 Å². The number of nitrogens with one attached hydrogen (secondary N) is 1. The molecule has 8 nitrogen and oxygen atoms in total. The number of carbonyl (C=O) groups excluding carboxylic acids is 1. The second-order valence-electron chi connectivity index (χ2n) is 5.84. The van der Waals surface area contributed by atoms with Crippen molar-refractivity contribution in [1.82, 2.24) is 25.3 Å². The minimum atomic E-state index is -0.216. The van der Waals surface area contributed by atoms with Gasteiger partial charge in [0.15, 0.2) is 10.8 Å². The monoisotopic (exact) mass is 335 g/mol. The van der Waals surface area contributed by atoms with Gasteiger partial charge in [-0.25, -0.2) is 9.67 Å². The Morgan fingerprint density at radius 1 is 1.39 bits per heavy atom. The summed E-state index contributed by atoms with van der Waals surface area (Å²) in [5.74, 6) is -0.216. The molecular formula is C14H21N7OS. The van der Waals surface area contributed by atoms with Crippen molar-refractivity contribution in [1.29, 1.82) is 0 Å². The number of rotatable bonds is 5. The summed E-state index contributed by atoms with van der Waals surface area (Å²) in [5, 5.41) is 13.3. The Balaban J connectivity index is 1.50. The molecule has 1 aliphatic rings. The van der Waals surface area contributed by atoms with E-state index in [1.807, 2.05) is 5.38 Å². The first-order chi connectivity index (χ1) is 11.1. The summed E-state index contributed by atoms with van der Waals surface area (Å²) in [6.45, 7) is 0.493. The zero-order valence-corrected chi connectivity index (χ0v) is 13.6. The van der Waals surface area contributed by atoms with Crippen LogP contribution < -0.4 is 16.8 Å². The molecule has 0 atom stereocenters. The number of nitrogens with zero attached hydrogens (tertiary/aromatic N) is 4. The van der Waals surface area contributed by atoms with Crippen molar-refractivity contribution in [2.75, 3.05) is 12.3 Å². The highest BCUT2D eigenvalue weighted by Gasteiger charge is 2.22. The van der Waals surface area contributed by atoms with Crippen molar-refractivity contribution < 1.29 is 4.79 Å². The van der Waals surface area contributed by atoms with Gasteiger partial charge in [0.2, 0.25) is 0 Å². The van der Waals surface area contributed by atoms with Gasteiger partial charge in [0.05, 0.1) is 17.9 Å². The van der Waals surface area contributed by atoms with E-state index in [4.69, 9.17) is 11.5 Å². The molecule has 3 rings (SSSR count). The predicted octanol–water partition coefficient (Wildman–Crippen LogP) is 0.732. The number of thiazole rings is 1. The van der Waals surface area contributed by atoms with Crippen LogP contribution in [0.2, 0.25) is 0 Å². The lowest BCUT2D eigenvalue weighted by Crippen LogP contribution is -2.28. The van der Waals surface area contributed by atoms with Gasteiger partial charge in [-0.3, -0.25) is 4.79 Å². The topological polar surface area (TPSA) is 125 Å². The number of nitrogen functional groups attached to an aromatic ring is 1. The normalized spacial score (nSPS) is 21.3. The van der Waals surface area contributed by atoms with E-state index in [1.165, 1.54) is 11.3 Å². The molecule has 5 N–H and O–H groups in total. The summed E-state index contributed by atoms with van der Waals surface area (Å²) in [6.07, 6.45) is 6.31. The molecule has 9 heteroatoms. The highest BCUT2D eigenvalue weighted by atomic mass is 32.1. The van der Waals surface area contributed by atoms with E-state index >= 15 is 0 Å². The third-order valence-electron chi connectivity index (χ3n) is 4.09. The summed E-state index contributed by atoms with van der Waals surface area (Å²) in [5.41, 5.74) is 12.7. The molecule has 1 fully saturated rings. The lowest BCUT2D eigenvalue weighted by atomic mass is 9.92. The fourth-order valence-electron chi connectivity index (χ4n) is 2.76. The van der Waals surface area contributed by atoms with Crippen LogP contribution in [0.25, 0.3) is 0 Å². The van der Waals surface area contributed by atoms with E-state index in [9.17, 15) is 4.79 Å². The van der Waals surface area contributed by atoms with Crippen molar-refractivity contribution in [3.8, 4) is 0 Å². The minimum Gasteiger partial charge on any atom is -0.375 e. The van der Waals surface area contributed by atoms with Crippen molar-refractivity contribution in [2.45, 2.75) is 44.2 Å². The molecule has 0 saturated heterocycles. The Labute approximate surface area is 138 Å². The van der Waals surface area contributed by atoms with E-state index in [0.717, 1.165) is 31.4 Å². The Morgan fingerprint density at radius 3 is 2.87 bits per heavy atom. The molecule has 0 aliphatic heterocycles. The average Bonchev–Trinajstić information content (AvgIpc) is 3.17. The summed E-state index contributed by atoms with van der Waals surface area (Å²) >= 11 is 1.40. The Bertz CT molecular complexity index is 660. The summed E-state index contributed by atoms with van der Waals surface area (Å²) in [4.78, 5) is 16.3. The summed E-state index contributed by atoms with van der Waals surface area (Å²) in [6, 6.07) is 0.583. The standard InChI is InChI=1S/C14H21N7OS/c15-9-1-3-11(4-2-9)21-7-12(19-20-21)13(22)17-6-5-10-8-23-14(16)18-10/h7-9,11H,1-6,15H2,(H2,16,18)(H,17,22). The Kier molecular flexibility index (Phi) is 4.87. The number of hydrogen-bond donors (Lipinski definition) is 3. The Morgan fingerprint density at radius 2 is 2.17 bits per heavy atom. The number of aromatic nitrogens is 4. The van der Waals surface area contributed by atoms with Crippen molar-refractivity contribution in [3.05, 3.63) is 23.0 Å². The molecule has 0 spiro atoms. The van der Waals surface area contributed by atoms with Crippen molar-refractivity contribution >= 4 is 22.4 Å². The van der Waals surface area contributed by atoms with Gasteiger partial charge >= 0.3 is 0 Å². The van der Waals surface area contributed by atoms with Crippen LogP contribution in [-0.4, -0.2) is 38.5 Å². The third-order valence-corrected chi connectivity index (χ3v) is 4.82. The number of nitrogens with two attached hydrogens (primary N) is 2. The fraction of sp³-hybridized carbons (Fsp3) is 0.571. The van der Waals surface area contributed by atoms with E-state index in [-0.39, 0.29) is 11.9 Å². The van der Waals surface area contributed by atoms with Gasteiger partial charge in [-0.1, -0.05) is 5.21 Å². The number of anilines is 1. The summed E-state index contributed by atoms with van der Waals surface area (Å²) in [7, 11) is 0. The zero-order chi connectivity index (χ0) is 16.2. The van der Waals surface area contributed by atoms with Crippen molar-refractivity contribution in [3.63, 3.8) is 0 Å². The van der Waals surface area contributed by atoms with Gasteiger partial charge in [-0.15, -0.1) is 16.4 Å². The number of hydrogen-bond acceptors (Lipinski definition) is 7. The van der Waals surface area contributed by atoms with Gasteiger partial charge in [0, 0.05) is 24.4 Å². The SMILES string of the molecule is Nc1nc(CCNC(=O)c2cn(C3CCC(N)CC3)nn2)cs1. The van der Waals surface area contributed by atoms with Crippen LogP contribution in [0.1, 0.15) is 47.9 Å². The largest absolute Gasteiger partial charge is 0.375 e. The first kappa shape index (κ1) is 15.9. The first-order valence-corrected chi connectivity index (χ1v) is 8.65. The van der Waals surface area contributed by atoms with E-state index < -0.39 is 0 Å². The smallest absolute Gasteiger partial charge is 0.273 e. The van der Waals surface area contributed by atoms with Gasteiger partial charge in [-0.05, 0) is 25.7 Å². The molecule has 0 bridgehead atoms. The highest BCUT2D eigenvalue weighted by Crippen LogP contribution is 2.26. The zero-order valence-electron chi connectivity index (χ0n) is 12.8. The molecule has 0 unspecified atom stereocenters. The van der Waals surface area contributed by atoms with Gasteiger partial charge < -0.3 is 16.8 Å². The molecule has 1 saturated carbocycles. The van der Waals surface area contributed by atoms with Crippen LogP contribution in [0.3, 0.4) is 0 Å². The molecule has 2 aromatic rings. The first-order valence-electron chi connectivity index (χ1n) is 7.77. The number of amides is 1. The second kappa shape index (κ2) is 7.05. The van der Waals surface area contributed by atoms with Crippen LogP contribution >= 0.6 is 11.3 Å². The summed E-state index contributed by atoms with van der Waals surface area (Å²) < 4.78 is 1.79. The van der Waals surface area contributed by atoms with Crippen LogP contribution in [0, 0.1) is 0 Å². The van der Waals surface area contributed by atoms with E-state index in [0.29, 0.717) is 29.8 Å². The maximum absolute atomic E-state index is 12.1. The van der Waals surface area contributed by atoms with E-state index in [2.05, 4.69) is 20.6 Å². The number of carbonyl (C=O) groups is 1. The molecule has 124 valence electrons. The molecule has 2 heterocycles. The highest BCUT2D eigenvalue weighted by molar-refractivity contribution is 7.13. The molecule has 23 heavy (non-hydrogen) atoms. The van der Waals surface area contributed by atoms with Gasteiger partial charge in [-0.2, -0.15) is 0 Å². The molecule has 0 aromatic carbocycles. The maximum atomic E-state index is 12.1. The van der Waals surface area contributed by atoms with Crippen LogP contribution in [-0.2, 0) is 6.42 Å². The Hall–Kier alpha value is -2.00. The average molecular weight is 335 g/mol.